The van der Waals surface area contributed by atoms with E-state index in [0.717, 1.165) is 56.9 Å². The summed E-state index contributed by atoms with van der Waals surface area (Å²) in [5.74, 6) is 0. The molecule has 0 aliphatic rings. The highest BCUT2D eigenvalue weighted by Gasteiger charge is 2.03. The summed E-state index contributed by atoms with van der Waals surface area (Å²) in [5, 5.41) is 6.61. The van der Waals surface area contributed by atoms with E-state index in [1.807, 2.05) is 12.2 Å². The van der Waals surface area contributed by atoms with Crippen molar-refractivity contribution in [3.8, 4) is 0 Å². The number of rotatable bonds is 15. The third-order valence-electron chi connectivity index (χ3n) is 4.86. The van der Waals surface area contributed by atoms with Crippen LogP contribution in [0.15, 0.2) is 61.7 Å². The summed E-state index contributed by atoms with van der Waals surface area (Å²) in [6.07, 6.45) is 3.70. The number of nitrogens with one attached hydrogen (secondary N) is 2. The van der Waals surface area contributed by atoms with E-state index in [9.17, 15) is 0 Å². The number of nitrogens with zero attached hydrogens (tertiary/aromatic N) is 1. The van der Waals surface area contributed by atoms with Crippen LogP contribution >= 0.6 is 0 Å². The lowest BCUT2D eigenvalue weighted by Crippen LogP contribution is -2.33. The van der Waals surface area contributed by atoms with Gasteiger partial charge in [-0.05, 0) is 22.3 Å². The van der Waals surface area contributed by atoms with Gasteiger partial charge in [-0.25, -0.2) is 0 Å². The Morgan fingerprint density at radius 2 is 1.16 bits per heavy atom. The van der Waals surface area contributed by atoms with Crippen LogP contribution in [0.25, 0.3) is 12.2 Å². The van der Waals surface area contributed by atoms with Crippen LogP contribution in [-0.4, -0.2) is 57.3 Å². The van der Waals surface area contributed by atoms with E-state index < -0.39 is 0 Å². The van der Waals surface area contributed by atoms with Crippen molar-refractivity contribution in [2.24, 2.45) is 17.2 Å². The molecular weight excluding hydrogens is 396 g/mol. The Bertz CT molecular complexity index is 721. The molecule has 8 N–H and O–H groups in total. The van der Waals surface area contributed by atoms with Gasteiger partial charge in [-0.2, -0.15) is 0 Å². The average molecular weight is 439 g/mol. The zero-order valence-electron chi connectivity index (χ0n) is 19.4. The number of hydrogen-bond donors (Lipinski definition) is 5. The fourth-order valence-electron chi connectivity index (χ4n) is 3.06. The SMILES string of the molecule is C=Cc1ccc(CN(CCN)CCN)cc1.C=Cc1ccc(CNCCNCCN)cc1. The van der Waals surface area contributed by atoms with Crippen LogP contribution < -0.4 is 27.8 Å². The third kappa shape index (κ3) is 12.5. The molecule has 0 saturated heterocycles. The van der Waals surface area contributed by atoms with Gasteiger partial charge in [0.2, 0.25) is 0 Å². The van der Waals surface area contributed by atoms with E-state index in [2.05, 4.69) is 77.2 Å². The van der Waals surface area contributed by atoms with E-state index >= 15 is 0 Å². The van der Waals surface area contributed by atoms with Crippen LogP contribution in [0.4, 0.5) is 0 Å². The molecule has 2 aromatic carbocycles. The fraction of sp³-hybridized carbons (Fsp3) is 0.385. The molecule has 2 rings (SSSR count). The Hall–Kier alpha value is -2.32. The second-order valence-electron chi connectivity index (χ2n) is 7.46. The van der Waals surface area contributed by atoms with Gasteiger partial charge in [0.25, 0.3) is 0 Å². The molecule has 32 heavy (non-hydrogen) atoms. The lowest BCUT2D eigenvalue weighted by atomic mass is 10.1. The molecule has 0 atom stereocenters. The Morgan fingerprint density at radius 1 is 0.656 bits per heavy atom. The molecule has 0 radical (unpaired) electrons. The Kier molecular flexibility index (Phi) is 15.8. The van der Waals surface area contributed by atoms with Gasteiger partial charge in [0.15, 0.2) is 0 Å². The summed E-state index contributed by atoms with van der Waals surface area (Å²) < 4.78 is 0. The lowest BCUT2D eigenvalue weighted by molar-refractivity contribution is 0.281. The van der Waals surface area contributed by atoms with Crippen molar-refractivity contribution in [3.63, 3.8) is 0 Å². The molecule has 6 nitrogen and oxygen atoms in total. The Morgan fingerprint density at radius 3 is 1.62 bits per heavy atom. The molecular formula is C26H42N6. The maximum Gasteiger partial charge on any atom is 0.0234 e. The first-order chi connectivity index (χ1) is 15.7. The van der Waals surface area contributed by atoms with Gasteiger partial charge in [-0.1, -0.05) is 73.8 Å². The topological polar surface area (TPSA) is 105 Å². The van der Waals surface area contributed by atoms with Crippen LogP contribution in [0.2, 0.25) is 0 Å². The molecule has 0 aromatic heterocycles. The maximum absolute atomic E-state index is 5.56. The minimum atomic E-state index is 0.671. The summed E-state index contributed by atoms with van der Waals surface area (Å²) in [7, 11) is 0. The van der Waals surface area contributed by atoms with Crippen molar-refractivity contribution in [2.45, 2.75) is 13.1 Å². The quantitative estimate of drug-likeness (QED) is 0.273. The molecule has 0 aliphatic carbocycles. The van der Waals surface area contributed by atoms with Gasteiger partial charge >= 0.3 is 0 Å². The molecule has 0 heterocycles. The monoisotopic (exact) mass is 438 g/mol. The van der Waals surface area contributed by atoms with Crippen LogP contribution in [-0.2, 0) is 13.1 Å². The predicted octanol–water partition coefficient (Wildman–Crippen LogP) is 2.02. The lowest BCUT2D eigenvalue weighted by Gasteiger charge is -2.20. The van der Waals surface area contributed by atoms with E-state index in [1.54, 1.807) is 0 Å². The van der Waals surface area contributed by atoms with Crippen LogP contribution in [0.3, 0.4) is 0 Å². The molecule has 0 fully saturated rings. The minimum absolute atomic E-state index is 0.671. The zero-order chi connectivity index (χ0) is 23.4. The van der Waals surface area contributed by atoms with Crippen molar-refractivity contribution < 1.29 is 0 Å². The smallest absolute Gasteiger partial charge is 0.0234 e. The number of nitrogens with two attached hydrogens (primary N) is 3. The highest BCUT2D eigenvalue weighted by molar-refractivity contribution is 5.47. The second kappa shape index (κ2) is 18.3. The van der Waals surface area contributed by atoms with E-state index in [4.69, 9.17) is 17.2 Å². The minimum Gasteiger partial charge on any atom is -0.329 e. The van der Waals surface area contributed by atoms with Gasteiger partial charge in [-0.3, -0.25) is 4.90 Å². The highest BCUT2D eigenvalue weighted by atomic mass is 15.1. The van der Waals surface area contributed by atoms with Gasteiger partial charge in [0.1, 0.15) is 0 Å². The van der Waals surface area contributed by atoms with Gasteiger partial charge in [0.05, 0.1) is 0 Å². The van der Waals surface area contributed by atoms with Crippen molar-refractivity contribution in [2.75, 3.05) is 52.4 Å². The Balaban J connectivity index is 0.000000320. The van der Waals surface area contributed by atoms with Crippen LogP contribution in [0.1, 0.15) is 22.3 Å². The first-order valence-corrected chi connectivity index (χ1v) is 11.3. The molecule has 0 spiro atoms. The highest BCUT2D eigenvalue weighted by Crippen LogP contribution is 2.08. The summed E-state index contributed by atoms with van der Waals surface area (Å²) in [4.78, 5) is 2.27. The van der Waals surface area contributed by atoms with Crippen molar-refractivity contribution >= 4 is 12.2 Å². The van der Waals surface area contributed by atoms with Crippen molar-refractivity contribution in [1.29, 1.82) is 0 Å². The van der Waals surface area contributed by atoms with E-state index in [1.165, 1.54) is 11.1 Å². The molecule has 0 aliphatic heterocycles. The molecule has 2 aromatic rings. The van der Waals surface area contributed by atoms with Crippen molar-refractivity contribution in [3.05, 3.63) is 83.9 Å². The molecule has 176 valence electrons. The summed E-state index contributed by atoms with van der Waals surface area (Å²) >= 11 is 0. The molecule has 0 bridgehead atoms. The first-order valence-electron chi connectivity index (χ1n) is 11.3. The van der Waals surface area contributed by atoms with Crippen molar-refractivity contribution in [1.82, 2.24) is 15.5 Å². The molecule has 0 amide bonds. The third-order valence-corrected chi connectivity index (χ3v) is 4.86. The largest absolute Gasteiger partial charge is 0.329 e. The summed E-state index contributed by atoms with van der Waals surface area (Å²) in [6, 6.07) is 16.8. The second-order valence-corrected chi connectivity index (χ2v) is 7.46. The molecule has 0 unspecified atom stereocenters. The fourth-order valence-corrected chi connectivity index (χ4v) is 3.06. The predicted molar refractivity (Wildman–Crippen MR) is 140 cm³/mol. The van der Waals surface area contributed by atoms with E-state index in [-0.39, 0.29) is 0 Å². The zero-order valence-corrected chi connectivity index (χ0v) is 19.4. The van der Waals surface area contributed by atoms with Gasteiger partial charge in [-0.15, -0.1) is 0 Å². The molecule has 0 saturated carbocycles. The summed E-state index contributed by atoms with van der Waals surface area (Å²) in [6.45, 7) is 15.9. The number of hydrogen-bond acceptors (Lipinski definition) is 6. The summed E-state index contributed by atoms with van der Waals surface area (Å²) in [5.41, 5.74) is 21.4. The maximum atomic E-state index is 5.56. The molecule has 6 heteroatoms. The van der Waals surface area contributed by atoms with Crippen LogP contribution in [0.5, 0.6) is 0 Å². The van der Waals surface area contributed by atoms with Gasteiger partial charge in [0, 0.05) is 65.4 Å². The average Bonchev–Trinajstić information content (AvgIpc) is 2.83. The van der Waals surface area contributed by atoms with Gasteiger partial charge < -0.3 is 27.8 Å². The van der Waals surface area contributed by atoms with E-state index in [0.29, 0.717) is 19.6 Å². The van der Waals surface area contributed by atoms with Crippen LogP contribution in [0, 0.1) is 0 Å². The number of benzene rings is 2. The Labute approximate surface area is 194 Å². The standard InChI is InChI=1S/2C13H21N3/c1-2-12-3-5-13(6-4-12)11-16(9-7-14)10-8-15;1-2-12-3-5-13(6-4-12)11-16-10-9-15-8-7-14/h2-6H,1,7-11,14-15H2;2-6,15-16H,1,7-11,14H2. The normalized spacial score (nSPS) is 10.5. The first kappa shape index (κ1) is 27.7.